The standard InChI is InChI=1S/C12H18INO/c1-4-10(8-15-3)14-12-7-5-6-11(13)9(12)2/h5-7,10,14H,4,8H2,1-3H3. The molecule has 15 heavy (non-hydrogen) atoms. The van der Waals surface area contributed by atoms with Crippen molar-refractivity contribution >= 4 is 28.3 Å². The topological polar surface area (TPSA) is 21.3 Å². The third kappa shape index (κ3) is 3.65. The Kier molecular flexibility index (Phi) is 5.39. The van der Waals surface area contributed by atoms with Gasteiger partial charge < -0.3 is 10.1 Å². The lowest BCUT2D eigenvalue weighted by Crippen LogP contribution is -2.24. The molecule has 0 bridgehead atoms. The van der Waals surface area contributed by atoms with Crippen molar-refractivity contribution in [2.24, 2.45) is 0 Å². The van der Waals surface area contributed by atoms with E-state index in [0.717, 1.165) is 13.0 Å². The summed E-state index contributed by atoms with van der Waals surface area (Å²) in [6, 6.07) is 6.72. The van der Waals surface area contributed by atoms with Crippen LogP contribution >= 0.6 is 22.6 Å². The van der Waals surface area contributed by atoms with E-state index in [1.165, 1.54) is 14.8 Å². The molecule has 0 amide bonds. The summed E-state index contributed by atoms with van der Waals surface area (Å²) >= 11 is 2.36. The molecule has 1 aromatic rings. The van der Waals surface area contributed by atoms with Gasteiger partial charge in [-0.1, -0.05) is 13.0 Å². The Labute approximate surface area is 106 Å². The Morgan fingerprint density at radius 2 is 2.20 bits per heavy atom. The van der Waals surface area contributed by atoms with Crippen LogP contribution in [0.15, 0.2) is 18.2 Å². The molecule has 0 saturated carbocycles. The van der Waals surface area contributed by atoms with Crippen LogP contribution in [-0.4, -0.2) is 19.8 Å². The lowest BCUT2D eigenvalue weighted by molar-refractivity contribution is 0.184. The molecular weight excluding hydrogens is 301 g/mol. The summed E-state index contributed by atoms with van der Waals surface area (Å²) in [7, 11) is 1.74. The van der Waals surface area contributed by atoms with Crippen LogP contribution in [-0.2, 0) is 4.74 Å². The first-order valence-corrected chi connectivity index (χ1v) is 6.27. The summed E-state index contributed by atoms with van der Waals surface area (Å²) in [5, 5.41) is 3.51. The normalized spacial score (nSPS) is 12.5. The highest BCUT2D eigenvalue weighted by Gasteiger charge is 2.07. The maximum atomic E-state index is 5.17. The number of hydrogen-bond donors (Lipinski definition) is 1. The minimum atomic E-state index is 0.395. The van der Waals surface area contributed by atoms with Crippen LogP contribution in [0.3, 0.4) is 0 Å². The van der Waals surface area contributed by atoms with Crippen molar-refractivity contribution < 1.29 is 4.74 Å². The molecule has 0 heterocycles. The third-order valence-corrected chi connectivity index (χ3v) is 3.66. The van der Waals surface area contributed by atoms with Crippen LogP contribution in [0.25, 0.3) is 0 Å². The number of benzene rings is 1. The maximum absolute atomic E-state index is 5.17. The fourth-order valence-corrected chi connectivity index (χ4v) is 1.94. The van der Waals surface area contributed by atoms with E-state index in [-0.39, 0.29) is 0 Å². The van der Waals surface area contributed by atoms with Crippen molar-refractivity contribution in [3.05, 3.63) is 27.3 Å². The lowest BCUT2D eigenvalue weighted by Gasteiger charge is -2.19. The van der Waals surface area contributed by atoms with Crippen LogP contribution < -0.4 is 5.32 Å². The minimum absolute atomic E-state index is 0.395. The number of ether oxygens (including phenoxy) is 1. The first-order chi connectivity index (χ1) is 7.19. The highest BCUT2D eigenvalue weighted by molar-refractivity contribution is 14.1. The van der Waals surface area contributed by atoms with Gasteiger partial charge in [-0.05, 0) is 53.6 Å². The van der Waals surface area contributed by atoms with Crippen LogP contribution in [0.1, 0.15) is 18.9 Å². The summed E-state index contributed by atoms with van der Waals surface area (Å²) in [4.78, 5) is 0. The second-order valence-electron chi connectivity index (χ2n) is 3.62. The molecule has 0 saturated heterocycles. The van der Waals surface area contributed by atoms with Crippen LogP contribution in [0.2, 0.25) is 0 Å². The van der Waals surface area contributed by atoms with Gasteiger partial charge in [0.25, 0.3) is 0 Å². The van der Waals surface area contributed by atoms with Crippen LogP contribution in [0.4, 0.5) is 5.69 Å². The third-order valence-electron chi connectivity index (χ3n) is 2.49. The summed E-state index contributed by atoms with van der Waals surface area (Å²) in [6.45, 7) is 5.06. The minimum Gasteiger partial charge on any atom is -0.383 e. The van der Waals surface area contributed by atoms with E-state index in [1.54, 1.807) is 7.11 Å². The Hall–Kier alpha value is -0.290. The molecular formula is C12H18INO. The van der Waals surface area contributed by atoms with Gasteiger partial charge in [0.15, 0.2) is 0 Å². The summed E-state index contributed by atoms with van der Waals surface area (Å²) in [5.74, 6) is 0. The van der Waals surface area contributed by atoms with E-state index >= 15 is 0 Å². The molecule has 0 aliphatic rings. The maximum Gasteiger partial charge on any atom is 0.0663 e. The Morgan fingerprint density at radius 1 is 1.47 bits per heavy atom. The quantitative estimate of drug-likeness (QED) is 0.840. The predicted octanol–water partition coefficient (Wildman–Crippen LogP) is 3.44. The van der Waals surface area contributed by atoms with Crippen molar-refractivity contribution in [3.63, 3.8) is 0 Å². The zero-order chi connectivity index (χ0) is 11.3. The van der Waals surface area contributed by atoms with Gasteiger partial charge in [-0.25, -0.2) is 0 Å². The highest BCUT2D eigenvalue weighted by atomic mass is 127. The van der Waals surface area contributed by atoms with E-state index in [2.05, 4.69) is 60.0 Å². The fourth-order valence-electron chi connectivity index (χ4n) is 1.45. The predicted molar refractivity (Wildman–Crippen MR) is 73.5 cm³/mol. The molecule has 1 rings (SSSR count). The molecule has 0 radical (unpaired) electrons. The summed E-state index contributed by atoms with van der Waals surface area (Å²) in [5.41, 5.74) is 2.53. The number of anilines is 1. The van der Waals surface area contributed by atoms with Crippen molar-refractivity contribution in [2.45, 2.75) is 26.3 Å². The van der Waals surface area contributed by atoms with Crippen molar-refractivity contribution in [2.75, 3.05) is 19.0 Å². The van der Waals surface area contributed by atoms with Gasteiger partial charge in [0.1, 0.15) is 0 Å². The first-order valence-electron chi connectivity index (χ1n) is 5.19. The molecule has 1 aromatic carbocycles. The van der Waals surface area contributed by atoms with Gasteiger partial charge in [0.2, 0.25) is 0 Å². The monoisotopic (exact) mass is 319 g/mol. The first kappa shape index (κ1) is 12.8. The van der Waals surface area contributed by atoms with Gasteiger partial charge in [-0.3, -0.25) is 0 Å². The number of hydrogen-bond acceptors (Lipinski definition) is 2. The van der Waals surface area contributed by atoms with Gasteiger partial charge in [0, 0.05) is 22.4 Å². The van der Waals surface area contributed by atoms with E-state index in [9.17, 15) is 0 Å². The van der Waals surface area contributed by atoms with E-state index in [4.69, 9.17) is 4.74 Å². The average Bonchev–Trinajstić information content (AvgIpc) is 2.24. The number of nitrogens with one attached hydrogen (secondary N) is 1. The Morgan fingerprint density at radius 3 is 2.80 bits per heavy atom. The molecule has 0 aliphatic carbocycles. The highest BCUT2D eigenvalue weighted by Crippen LogP contribution is 2.21. The molecule has 1 unspecified atom stereocenters. The number of methoxy groups -OCH3 is 1. The molecule has 0 fully saturated rings. The number of rotatable bonds is 5. The second kappa shape index (κ2) is 6.33. The van der Waals surface area contributed by atoms with E-state index in [1.807, 2.05) is 0 Å². The van der Waals surface area contributed by atoms with Gasteiger partial charge in [-0.2, -0.15) is 0 Å². The molecule has 84 valence electrons. The molecule has 0 aliphatic heterocycles. The van der Waals surface area contributed by atoms with Crippen molar-refractivity contribution in [3.8, 4) is 0 Å². The smallest absolute Gasteiger partial charge is 0.0663 e. The number of halogens is 1. The zero-order valence-electron chi connectivity index (χ0n) is 9.51. The molecule has 1 N–H and O–H groups in total. The van der Waals surface area contributed by atoms with Gasteiger partial charge in [0.05, 0.1) is 6.61 Å². The van der Waals surface area contributed by atoms with E-state index < -0.39 is 0 Å². The van der Waals surface area contributed by atoms with Crippen molar-refractivity contribution in [1.29, 1.82) is 0 Å². The fraction of sp³-hybridized carbons (Fsp3) is 0.500. The van der Waals surface area contributed by atoms with Crippen LogP contribution in [0.5, 0.6) is 0 Å². The average molecular weight is 319 g/mol. The van der Waals surface area contributed by atoms with Crippen molar-refractivity contribution in [1.82, 2.24) is 0 Å². The summed E-state index contributed by atoms with van der Waals surface area (Å²) < 4.78 is 6.47. The second-order valence-corrected chi connectivity index (χ2v) is 4.78. The Bertz CT molecular complexity index is 314. The Balaban J connectivity index is 2.74. The molecule has 0 aromatic heterocycles. The molecule has 2 nitrogen and oxygen atoms in total. The van der Waals surface area contributed by atoms with Gasteiger partial charge >= 0.3 is 0 Å². The molecule has 1 atom stereocenters. The molecule has 3 heteroatoms. The van der Waals surface area contributed by atoms with E-state index in [0.29, 0.717) is 6.04 Å². The zero-order valence-corrected chi connectivity index (χ0v) is 11.7. The lowest BCUT2D eigenvalue weighted by atomic mass is 10.1. The van der Waals surface area contributed by atoms with Gasteiger partial charge in [-0.15, -0.1) is 0 Å². The summed E-state index contributed by atoms with van der Waals surface area (Å²) in [6.07, 6.45) is 1.07. The largest absolute Gasteiger partial charge is 0.383 e. The SMILES string of the molecule is CCC(COC)Nc1cccc(I)c1C. The van der Waals surface area contributed by atoms with Crippen LogP contribution in [0, 0.1) is 10.5 Å². The molecule has 0 spiro atoms.